The summed E-state index contributed by atoms with van der Waals surface area (Å²) < 4.78 is 0. The van der Waals surface area contributed by atoms with Crippen molar-refractivity contribution in [2.24, 2.45) is 5.73 Å². The zero-order valence-electron chi connectivity index (χ0n) is 8.47. The summed E-state index contributed by atoms with van der Waals surface area (Å²) in [5.74, 6) is -0.190. The van der Waals surface area contributed by atoms with Gasteiger partial charge in [0.25, 0.3) is 5.91 Å². The summed E-state index contributed by atoms with van der Waals surface area (Å²) in [5, 5.41) is 8.56. The minimum Gasteiger partial charge on any atom is -0.339 e. The van der Waals surface area contributed by atoms with E-state index in [2.05, 4.69) is 4.98 Å². The molecule has 0 unspecified atom stereocenters. The maximum absolute atomic E-state index is 11.7. The smallest absolute Gasteiger partial charge is 0.272 e. The van der Waals surface area contributed by atoms with Crippen LogP contribution < -0.4 is 5.73 Å². The van der Waals surface area contributed by atoms with Gasteiger partial charge in [0.2, 0.25) is 0 Å². The Morgan fingerprint density at radius 2 is 2.40 bits per heavy atom. The van der Waals surface area contributed by atoms with E-state index in [4.69, 9.17) is 11.0 Å². The van der Waals surface area contributed by atoms with Crippen molar-refractivity contribution in [2.75, 3.05) is 20.1 Å². The molecular formula is C10H12N4O. The van der Waals surface area contributed by atoms with Crippen LogP contribution in [0.4, 0.5) is 0 Å². The van der Waals surface area contributed by atoms with Crippen LogP contribution in [0.5, 0.6) is 0 Å². The maximum atomic E-state index is 11.7. The molecule has 0 saturated heterocycles. The standard InChI is InChI=1S/C10H12N4O/c1-14(5-4-11)10(15)9-3-2-8(6-12)7-13-9/h2-3,7H,4-5,11H2,1H3. The first-order chi connectivity index (χ1) is 7.19. The van der Waals surface area contributed by atoms with E-state index in [1.807, 2.05) is 6.07 Å². The summed E-state index contributed by atoms with van der Waals surface area (Å²) in [7, 11) is 1.66. The van der Waals surface area contributed by atoms with Gasteiger partial charge in [0.15, 0.2) is 0 Å². The lowest BCUT2D eigenvalue weighted by molar-refractivity contribution is 0.0793. The number of nitriles is 1. The summed E-state index contributed by atoms with van der Waals surface area (Å²) in [6.45, 7) is 0.902. The predicted octanol–water partition coefficient (Wildman–Crippen LogP) is -0.0160. The molecule has 0 aliphatic rings. The van der Waals surface area contributed by atoms with Crippen molar-refractivity contribution in [2.45, 2.75) is 0 Å². The minimum atomic E-state index is -0.190. The van der Waals surface area contributed by atoms with Crippen molar-refractivity contribution in [3.05, 3.63) is 29.6 Å². The third kappa shape index (κ3) is 2.76. The number of hydrogen-bond acceptors (Lipinski definition) is 4. The largest absolute Gasteiger partial charge is 0.339 e. The van der Waals surface area contributed by atoms with Gasteiger partial charge in [0.1, 0.15) is 11.8 Å². The fourth-order valence-corrected chi connectivity index (χ4v) is 1.08. The highest BCUT2D eigenvalue weighted by atomic mass is 16.2. The van der Waals surface area contributed by atoms with Crippen molar-refractivity contribution in [1.82, 2.24) is 9.88 Å². The van der Waals surface area contributed by atoms with Gasteiger partial charge in [-0.15, -0.1) is 0 Å². The number of rotatable bonds is 3. The molecule has 0 fully saturated rings. The second kappa shape index (κ2) is 5.08. The Hall–Kier alpha value is -1.93. The predicted molar refractivity (Wildman–Crippen MR) is 55.0 cm³/mol. The molecule has 78 valence electrons. The molecule has 1 amide bonds. The number of carbonyl (C=O) groups excluding carboxylic acids is 1. The van der Waals surface area contributed by atoms with Crippen LogP contribution in [-0.4, -0.2) is 35.9 Å². The fraction of sp³-hybridized carbons (Fsp3) is 0.300. The van der Waals surface area contributed by atoms with E-state index < -0.39 is 0 Å². The third-order valence-electron chi connectivity index (χ3n) is 1.92. The van der Waals surface area contributed by atoms with Crippen LogP contribution in [-0.2, 0) is 0 Å². The van der Waals surface area contributed by atoms with Gasteiger partial charge in [-0.05, 0) is 12.1 Å². The van der Waals surface area contributed by atoms with Gasteiger partial charge in [-0.2, -0.15) is 5.26 Å². The molecule has 5 nitrogen and oxygen atoms in total. The van der Waals surface area contributed by atoms with Gasteiger partial charge in [-0.1, -0.05) is 0 Å². The zero-order valence-corrected chi connectivity index (χ0v) is 8.47. The van der Waals surface area contributed by atoms with Gasteiger partial charge >= 0.3 is 0 Å². The lowest BCUT2D eigenvalue weighted by atomic mass is 10.2. The van der Waals surface area contributed by atoms with E-state index >= 15 is 0 Å². The molecule has 0 atom stereocenters. The molecule has 15 heavy (non-hydrogen) atoms. The monoisotopic (exact) mass is 204 g/mol. The molecule has 0 spiro atoms. The maximum Gasteiger partial charge on any atom is 0.272 e. The third-order valence-corrected chi connectivity index (χ3v) is 1.92. The highest BCUT2D eigenvalue weighted by molar-refractivity contribution is 5.92. The van der Waals surface area contributed by atoms with Crippen LogP contribution in [0.3, 0.4) is 0 Å². The molecular weight excluding hydrogens is 192 g/mol. The van der Waals surface area contributed by atoms with E-state index in [1.165, 1.54) is 17.2 Å². The Morgan fingerprint density at radius 1 is 1.67 bits per heavy atom. The summed E-state index contributed by atoms with van der Waals surface area (Å²) >= 11 is 0. The molecule has 0 radical (unpaired) electrons. The Bertz CT molecular complexity index is 379. The number of pyridine rings is 1. The number of nitrogens with zero attached hydrogens (tertiary/aromatic N) is 3. The summed E-state index contributed by atoms with van der Waals surface area (Å²) in [6.07, 6.45) is 1.38. The Morgan fingerprint density at radius 3 is 2.87 bits per heavy atom. The quantitative estimate of drug-likeness (QED) is 0.750. The van der Waals surface area contributed by atoms with E-state index in [0.29, 0.717) is 24.3 Å². The second-order valence-electron chi connectivity index (χ2n) is 3.06. The van der Waals surface area contributed by atoms with Crippen LogP contribution in [0.2, 0.25) is 0 Å². The molecule has 0 aliphatic carbocycles. The molecule has 1 aromatic heterocycles. The van der Waals surface area contributed by atoms with Gasteiger partial charge in [0, 0.05) is 26.3 Å². The van der Waals surface area contributed by atoms with E-state index in [0.717, 1.165) is 0 Å². The van der Waals surface area contributed by atoms with Crippen LogP contribution in [0.1, 0.15) is 16.1 Å². The van der Waals surface area contributed by atoms with Crippen molar-refractivity contribution in [1.29, 1.82) is 5.26 Å². The van der Waals surface area contributed by atoms with Crippen LogP contribution >= 0.6 is 0 Å². The number of likely N-dealkylation sites (N-methyl/N-ethyl adjacent to an activating group) is 1. The first kappa shape index (κ1) is 11.1. The number of carbonyl (C=O) groups is 1. The number of aromatic nitrogens is 1. The van der Waals surface area contributed by atoms with Crippen LogP contribution in [0, 0.1) is 11.3 Å². The SMILES string of the molecule is CN(CCN)C(=O)c1ccc(C#N)cn1. The van der Waals surface area contributed by atoms with Gasteiger partial charge < -0.3 is 10.6 Å². The van der Waals surface area contributed by atoms with Gasteiger partial charge in [-0.25, -0.2) is 4.98 Å². The highest BCUT2D eigenvalue weighted by Gasteiger charge is 2.11. The van der Waals surface area contributed by atoms with Crippen LogP contribution in [0.25, 0.3) is 0 Å². The molecule has 1 aromatic rings. The zero-order chi connectivity index (χ0) is 11.3. The molecule has 1 heterocycles. The molecule has 5 heteroatoms. The van der Waals surface area contributed by atoms with Crippen LogP contribution in [0.15, 0.2) is 18.3 Å². The van der Waals surface area contributed by atoms with Crippen molar-refractivity contribution >= 4 is 5.91 Å². The van der Waals surface area contributed by atoms with E-state index in [1.54, 1.807) is 13.1 Å². The van der Waals surface area contributed by atoms with Crippen molar-refractivity contribution in [3.63, 3.8) is 0 Å². The van der Waals surface area contributed by atoms with E-state index in [-0.39, 0.29) is 5.91 Å². The van der Waals surface area contributed by atoms with E-state index in [9.17, 15) is 4.79 Å². The summed E-state index contributed by atoms with van der Waals surface area (Å²) in [5.41, 5.74) is 6.10. The number of amides is 1. The average molecular weight is 204 g/mol. The Kier molecular flexibility index (Phi) is 3.77. The van der Waals surface area contributed by atoms with Crippen molar-refractivity contribution in [3.8, 4) is 6.07 Å². The molecule has 2 N–H and O–H groups in total. The molecule has 0 aromatic carbocycles. The molecule has 1 rings (SSSR count). The van der Waals surface area contributed by atoms with Crippen molar-refractivity contribution < 1.29 is 4.79 Å². The normalized spacial score (nSPS) is 9.40. The number of nitrogens with two attached hydrogens (primary N) is 1. The summed E-state index contributed by atoms with van der Waals surface area (Å²) in [4.78, 5) is 17.1. The lowest BCUT2D eigenvalue weighted by Crippen LogP contribution is -2.32. The van der Waals surface area contributed by atoms with Gasteiger partial charge in [0.05, 0.1) is 5.56 Å². The average Bonchev–Trinajstić information content (AvgIpc) is 2.28. The van der Waals surface area contributed by atoms with Gasteiger partial charge in [-0.3, -0.25) is 4.79 Å². The Balaban J connectivity index is 2.79. The molecule has 0 saturated carbocycles. The summed E-state index contributed by atoms with van der Waals surface area (Å²) in [6, 6.07) is 5.04. The lowest BCUT2D eigenvalue weighted by Gasteiger charge is -2.14. The first-order valence-corrected chi connectivity index (χ1v) is 4.50. The minimum absolute atomic E-state index is 0.190. The first-order valence-electron chi connectivity index (χ1n) is 4.50. The second-order valence-corrected chi connectivity index (χ2v) is 3.06. The Labute approximate surface area is 88.1 Å². The topological polar surface area (TPSA) is 83.0 Å². The molecule has 0 bridgehead atoms. The number of hydrogen-bond donors (Lipinski definition) is 1. The molecule has 0 aliphatic heterocycles. The highest BCUT2D eigenvalue weighted by Crippen LogP contribution is 2.01. The fourth-order valence-electron chi connectivity index (χ4n) is 1.08.